The molecular formula is C20H24. The van der Waals surface area contributed by atoms with Gasteiger partial charge >= 0.3 is 0 Å². The topological polar surface area (TPSA) is 0 Å². The van der Waals surface area contributed by atoms with Crippen molar-refractivity contribution in [1.82, 2.24) is 0 Å². The van der Waals surface area contributed by atoms with Crippen LogP contribution in [0.3, 0.4) is 0 Å². The van der Waals surface area contributed by atoms with Crippen LogP contribution in [0.15, 0.2) is 24.3 Å². The molecule has 0 atom stereocenters. The van der Waals surface area contributed by atoms with Gasteiger partial charge in [-0.1, -0.05) is 24.3 Å². The Bertz CT molecular complexity index is 543. The molecule has 6 rings (SSSR count). The van der Waals surface area contributed by atoms with Crippen molar-refractivity contribution < 1.29 is 0 Å². The summed E-state index contributed by atoms with van der Waals surface area (Å²) in [6.07, 6.45) is 4.64. The highest BCUT2D eigenvalue weighted by molar-refractivity contribution is 5.42. The molecule has 0 radical (unpaired) electrons. The van der Waals surface area contributed by atoms with Crippen LogP contribution in [-0.2, 0) is 25.7 Å². The largest absolute Gasteiger partial charge is 0.0556 e. The summed E-state index contributed by atoms with van der Waals surface area (Å²) in [5.74, 6) is 0. The Morgan fingerprint density at radius 1 is 0.450 bits per heavy atom. The maximum Gasteiger partial charge on any atom is -0.0235 e. The molecule has 20 heavy (non-hydrogen) atoms. The van der Waals surface area contributed by atoms with E-state index in [-0.39, 0.29) is 0 Å². The maximum atomic E-state index is 2.42. The Kier molecular flexibility index (Phi) is 3.41. The lowest BCUT2D eigenvalue weighted by atomic mass is 9.88. The Morgan fingerprint density at radius 3 is 0.850 bits per heavy atom. The predicted octanol–water partition coefficient (Wildman–Crippen LogP) is 4.80. The first-order valence-corrected chi connectivity index (χ1v) is 7.72. The Morgan fingerprint density at radius 2 is 0.650 bits per heavy atom. The van der Waals surface area contributed by atoms with Gasteiger partial charge in [0.2, 0.25) is 0 Å². The van der Waals surface area contributed by atoms with Crippen LogP contribution < -0.4 is 0 Å². The van der Waals surface area contributed by atoms with Crippen molar-refractivity contribution in [3.8, 4) is 0 Å². The van der Waals surface area contributed by atoms with Gasteiger partial charge in [0.25, 0.3) is 0 Å². The molecule has 0 nitrogen and oxygen atoms in total. The van der Waals surface area contributed by atoms with Gasteiger partial charge in [-0.3, -0.25) is 0 Å². The lowest BCUT2D eigenvalue weighted by molar-refractivity contribution is 0.888. The fourth-order valence-electron chi connectivity index (χ4n) is 3.49. The molecule has 0 heterocycles. The fourth-order valence-corrected chi connectivity index (χ4v) is 3.49. The summed E-state index contributed by atoms with van der Waals surface area (Å²) in [7, 11) is 0. The molecule has 4 bridgehead atoms. The number of aryl methyl sites for hydroxylation is 8. The third kappa shape index (κ3) is 2.40. The van der Waals surface area contributed by atoms with Crippen molar-refractivity contribution >= 4 is 0 Å². The molecule has 0 spiro atoms. The monoisotopic (exact) mass is 264 g/mol. The third-order valence-electron chi connectivity index (χ3n) is 4.92. The Balaban J connectivity index is 2.11. The van der Waals surface area contributed by atoms with Crippen LogP contribution in [0.5, 0.6) is 0 Å². The predicted molar refractivity (Wildman–Crippen MR) is 86.6 cm³/mol. The first kappa shape index (κ1) is 13.4. The molecule has 0 aromatic heterocycles. The molecule has 0 amide bonds. The molecule has 4 aliphatic rings. The molecule has 4 aliphatic carbocycles. The van der Waals surface area contributed by atoms with Crippen LogP contribution >= 0.6 is 0 Å². The second-order valence-corrected chi connectivity index (χ2v) is 6.41. The first-order valence-electron chi connectivity index (χ1n) is 7.72. The number of hydrogen-bond donors (Lipinski definition) is 0. The average Bonchev–Trinajstić information content (AvgIpc) is 2.40. The number of benzene rings is 2. The van der Waals surface area contributed by atoms with Crippen LogP contribution in [0.4, 0.5) is 0 Å². The van der Waals surface area contributed by atoms with E-state index in [0.717, 1.165) is 25.7 Å². The summed E-state index contributed by atoms with van der Waals surface area (Å²) >= 11 is 0. The van der Waals surface area contributed by atoms with E-state index in [1.54, 1.807) is 0 Å². The second-order valence-electron chi connectivity index (χ2n) is 6.41. The van der Waals surface area contributed by atoms with Crippen molar-refractivity contribution in [2.75, 3.05) is 0 Å². The van der Waals surface area contributed by atoms with Crippen LogP contribution in [0.25, 0.3) is 0 Å². The van der Waals surface area contributed by atoms with Gasteiger partial charge in [0.05, 0.1) is 0 Å². The van der Waals surface area contributed by atoms with Crippen LogP contribution in [-0.4, -0.2) is 0 Å². The minimum absolute atomic E-state index is 1.16. The zero-order valence-electron chi connectivity index (χ0n) is 13.1. The summed E-state index contributed by atoms with van der Waals surface area (Å²) in [5.41, 5.74) is 12.0. The lowest BCUT2D eigenvalue weighted by Gasteiger charge is -2.17. The quantitative estimate of drug-likeness (QED) is 0.641. The summed E-state index contributed by atoms with van der Waals surface area (Å²) in [6.45, 7) is 9.07. The minimum Gasteiger partial charge on any atom is -0.0556 e. The molecular weight excluding hydrogens is 240 g/mol. The van der Waals surface area contributed by atoms with Crippen molar-refractivity contribution in [3.63, 3.8) is 0 Å². The van der Waals surface area contributed by atoms with E-state index in [1.165, 1.54) is 44.5 Å². The maximum absolute atomic E-state index is 2.42. The van der Waals surface area contributed by atoms with Crippen molar-refractivity contribution in [3.05, 3.63) is 68.8 Å². The molecule has 0 saturated heterocycles. The van der Waals surface area contributed by atoms with Gasteiger partial charge in [0, 0.05) is 0 Å². The van der Waals surface area contributed by atoms with E-state index in [0.29, 0.717) is 0 Å². The summed E-state index contributed by atoms with van der Waals surface area (Å²) < 4.78 is 0. The normalized spacial score (nSPS) is 14.2. The SMILES string of the molecule is Cc1cc2c(C)cc1CCc1cc(C)c(cc1C)CC2. The second kappa shape index (κ2) is 5.09. The van der Waals surface area contributed by atoms with E-state index in [9.17, 15) is 0 Å². The highest BCUT2D eigenvalue weighted by Gasteiger charge is 2.11. The minimum atomic E-state index is 1.16. The molecule has 0 unspecified atom stereocenters. The van der Waals surface area contributed by atoms with Crippen LogP contribution in [0, 0.1) is 27.7 Å². The van der Waals surface area contributed by atoms with Crippen LogP contribution in [0.1, 0.15) is 44.5 Å². The van der Waals surface area contributed by atoms with Gasteiger partial charge < -0.3 is 0 Å². The summed E-state index contributed by atoms with van der Waals surface area (Å²) in [4.78, 5) is 0. The van der Waals surface area contributed by atoms with Gasteiger partial charge in [-0.2, -0.15) is 0 Å². The smallest absolute Gasteiger partial charge is 0.0235 e. The van der Waals surface area contributed by atoms with Crippen LogP contribution in [0.2, 0.25) is 0 Å². The van der Waals surface area contributed by atoms with Gasteiger partial charge in [0.1, 0.15) is 0 Å². The van der Waals surface area contributed by atoms with Gasteiger partial charge in [0.15, 0.2) is 0 Å². The standard InChI is InChI=1S/C20H24/c1-13-9-18-7-8-20-12-15(3)19(11-16(20)4)6-5-17(13)10-14(18)2/h9-12H,5-8H2,1-4H3. The zero-order chi connectivity index (χ0) is 14.3. The molecule has 0 fully saturated rings. The fraction of sp³-hybridized carbons (Fsp3) is 0.400. The molecule has 2 aromatic carbocycles. The van der Waals surface area contributed by atoms with Crippen molar-refractivity contribution in [2.45, 2.75) is 53.4 Å². The van der Waals surface area contributed by atoms with E-state index >= 15 is 0 Å². The van der Waals surface area contributed by atoms with Gasteiger partial charge in [-0.05, 0) is 97.9 Å². The molecule has 2 aromatic rings. The third-order valence-corrected chi connectivity index (χ3v) is 4.92. The number of hydrogen-bond acceptors (Lipinski definition) is 0. The highest BCUT2D eigenvalue weighted by Crippen LogP contribution is 2.25. The lowest BCUT2D eigenvalue weighted by Crippen LogP contribution is -2.05. The first-order chi connectivity index (χ1) is 9.54. The van der Waals surface area contributed by atoms with Crippen molar-refractivity contribution in [2.24, 2.45) is 0 Å². The summed E-state index contributed by atoms with van der Waals surface area (Å²) in [6, 6.07) is 9.67. The molecule has 0 saturated carbocycles. The average molecular weight is 264 g/mol. The number of rotatable bonds is 0. The summed E-state index contributed by atoms with van der Waals surface area (Å²) in [5, 5.41) is 0. The molecule has 0 N–H and O–H groups in total. The van der Waals surface area contributed by atoms with Crippen molar-refractivity contribution in [1.29, 1.82) is 0 Å². The van der Waals surface area contributed by atoms with E-state index in [2.05, 4.69) is 52.0 Å². The Labute approximate surface area is 122 Å². The van der Waals surface area contributed by atoms with E-state index in [4.69, 9.17) is 0 Å². The van der Waals surface area contributed by atoms with E-state index < -0.39 is 0 Å². The Hall–Kier alpha value is -1.56. The highest BCUT2D eigenvalue weighted by atomic mass is 14.2. The molecule has 0 heteroatoms. The van der Waals surface area contributed by atoms with Gasteiger partial charge in [-0.25, -0.2) is 0 Å². The molecule has 104 valence electrons. The van der Waals surface area contributed by atoms with Gasteiger partial charge in [-0.15, -0.1) is 0 Å². The van der Waals surface area contributed by atoms with E-state index in [1.807, 2.05) is 0 Å². The molecule has 0 aliphatic heterocycles. The zero-order valence-corrected chi connectivity index (χ0v) is 13.1.